The van der Waals surface area contributed by atoms with Gasteiger partial charge in [-0.15, -0.1) is 0 Å². The molecule has 0 bridgehead atoms. The number of nitrogens with two attached hydrogens (primary N) is 1. The number of hydrogen-bond donors (Lipinski definition) is 4. The van der Waals surface area contributed by atoms with Crippen molar-refractivity contribution in [3.05, 3.63) is 41.3 Å². The minimum Gasteiger partial charge on any atom is -0.507 e. The number of primary amides is 1. The highest BCUT2D eigenvalue weighted by Crippen LogP contribution is 2.52. The third-order valence-corrected chi connectivity index (χ3v) is 8.94. The molecule has 2 saturated carbocycles. The van der Waals surface area contributed by atoms with Crippen molar-refractivity contribution in [2.45, 2.75) is 51.8 Å². The molecule has 0 saturated heterocycles. The van der Waals surface area contributed by atoms with Gasteiger partial charge in [0.05, 0.1) is 30.0 Å². The number of phenols is 1. The molecule has 0 aliphatic heterocycles. The quantitative estimate of drug-likeness (QED) is 0.364. The molecule has 2 fully saturated rings. The first-order valence-corrected chi connectivity index (χ1v) is 14.0. The van der Waals surface area contributed by atoms with Gasteiger partial charge in [0.25, 0.3) is 0 Å². The molecule has 11 nitrogen and oxygen atoms in total. The number of carbonyl (C=O) groups is 5. The molecule has 0 radical (unpaired) electrons. The van der Waals surface area contributed by atoms with Crippen LogP contribution >= 0.6 is 0 Å². The van der Waals surface area contributed by atoms with Crippen LogP contribution in [0, 0.1) is 29.1 Å². The van der Waals surface area contributed by atoms with E-state index in [0.29, 0.717) is 28.8 Å². The number of likely N-dealkylation sites (N-methyl/N-ethyl adjacent to an activating group) is 1. The van der Waals surface area contributed by atoms with Gasteiger partial charge in [0, 0.05) is 30.1 Å². The van der Waals surface area contributed by atoms with Crippen molar-refractivity contribution in [3.8, 4) is 16.9 Å². The maximum Gasteiger partial charge on any atom is 0.235 e. The fourth-order valence-electron chi connectivity index (χ4n) is 7.11. The average molecular weight is 580 g/mol. The fourth-order valence-corrected chi connectivity index (χ4v) is 7.11. The number of nitrogens with zero attached hydrogens (tertiary/aromatic N) is 1. The van der Waals surface area contributed by atoms with Gasteiger partial charge in [-0.2, -0.15) is 0 Å². The number of rotatable bonds is 6. The number of amides is 1. The van der Waals surface area contributed by atoms with E-state index < -0.39 is 64.4 Å². The van der Waals surface area contributed by atoms with Crippen molar-refractivity contribution in [3.63, 3.8) is 0 Å². The minimum atomic E-state index is -2.76. The summed E-state index contributed by atoms with van der Waals surface area (Å²) in [5.41, 5.74) is 4.89. The number of aliphatic hydroxyl groups is 1. The van der Waals surface area contributed by atoms with Crippen molar-refractivity contribution in [2.75, 3.05) is 20.6 Å². The number of nitrogens with one attached hydrogen (secondary N) is 1. The van der Waals surface area contributed by atoms with E-state index in [4.69, 9.17) is 10.2 Å². The molecule has 6 atom stereocenters. The molecule has 3 aliphatic carbocycles. The summed E-state index contributed by atoms with van der Waals surface area (Å²) in [5, 5.41) is 26.5. The van der Waals surface area contributed by atoms with Crippen LogP contribution in [0.5, 0.6) is 5.75 Å². The minimum absolute atomic E-state index is 0.00955. The Morgan fingerprint density at radius 1 is 1.19 bits per heavy atom. The monoisotopic (exact) mass is 579 g/mol. The topological polar surface area (TPSA) is 180 Å². The third kappa shape index (κ3) is 4.50. The van der Waals surface area contributed by atoms with E-state index in [1.54, 1.807) is 26.2 Å². The number of aromatic hydroxyl groups is 1. The molecule has 5 rings (SSSR count). The highest BCUT2D eigenvalue weighted by molar-refractivity contribution is 6.32. The molecule has 5 N–H and O–H groups in total. The van der Waals surface area contributed by atoms with Gasteiger partial charge in [-0.1, -0.05) is 20.8 Å². The van der Waals surface area contributed by atoms with E-state index in [1.165, 1.54) is 17.4 Å². The van der Waals surface area contributed by atoms with Crippen LogP contribution in [0.15, 0.2) is 29.1 Å². The van der Waals surface area contributed by atoms with Crippen LogP contribution in [0.25, 0.3) is 11.1 Å². The summed E-state index contributed by atoms with van der Waals surface area (Å²) in [6.07, 6.45) is 3.20. The Bertz CT molecular complexity index is 1490. The van der Waals surface area contributed by atoms with Crippen LogP contribution in [0.2, 0.25) is 0 Å². The van der Waals surface area contributed by atoms with E-state index in [1.807, 2.05) is 0 Å². The Labute approximate surface area is 243 Å². The molecule has 1 amide bonds. The molecule has 11 heteroatoms. The lowest BCUT2D eigenvalue weighted by Gasteiger charge is -2.52. The van der Waals surface area contributed by atoms with E-state index in [2.05, 4.69) is 26.1 Å². The summed E-state index contributed by atoms with van der Waals surface area (Å²) in [5.74, 6) is -10.7. The van der Waals surface area contributed by atoms with E-state index in [9.17, 15) is 34.2 Å². The largest absolute Gasteiger partial charge is 0.507 e. The maximum absolute atomic E-state index is 14.2. The number of ketones is 4. The molecule has 1 aromatic carbocycles. The zero-order valence-electron chi connectivity index (χ0n) is 24.4. The van der Waals surface area contributed by atoms with Gasteiger partial charge in [-0.3, -0.25) is 28.9 Å². The van der Waals surface area contributed by atoms with Crippen LogP contribution in [0.4, 0.5) is 0 Å². The molecular weight excluding hydrogens is 542 g/mol. The predicted molar refractivity (Wildman–Crippen MR) is 150 cm³/mol. The number of furan rings is 1. The molecule has 42 heavy (non-hydrogen) atoms. The first kappa shape index (κ1) is 29.8. The zero-order valence-corrected chi connectivity index (χ0v) is 24.4. The molecule has 3 aliphatic rings. The van der Waals surface area contributed by atoms with Gasteiger partial charge in [-0.25, -0.2) is 0 Å². The smallest absolute Gasteiger partial charge is 0.235 e. The number of fused-ring (bicyclic) bond motifs is 3. The Morgan fingerprint density at radius 2 is 1.88 bits per heavy atom. The summed E-state index contributed by atoms with van der Waals surface area (Å²) >= 11 is 0. The Kier molecular flexibility index (Phi) is 7.28. The Hall–Kier alpha value is -3.67. The van der Waals surface area contributed by atoms with Crippen LogP contribution in [-0.4, -0.2) is 76.4 Å². The molecule has 1 heterocycles. The lowest BCUT2D eigenvalue weighted by molar-refractivity contribution is -0.181. The van der Waals surface area contributed by atoms with Crippen molar-refractivity contribution in [1.29, 1.82) is 0 Å². The van der Waals surface area contributed by atoms with Crippen molar-refractivity contribution in [2.24, 2.45) is 34.8 Å². The van der Waals surface area contributed by atoms with Crippen LogP contribution < -0.4 is 11.1 Å². The Balaban J connectivity index is 1.63. The summed E-state index contributed by atoms with van der Waals surface area (Å²) < 4.78 is 5.32. The number of benzene rings is 1. The normalized spacial score (nSPS) is 29.4. The molecular formula is C31H37N3O8. The van der Waals surface area contributed by atoms with Crippen LogP contribution in [0.1, 0.15) is 48.7 Å². The molecule has 0 spiro atoms. The highest BCUT2D eigenvalue weighted by atomic mass is 16.3. The van der Waals surface area contributed by atoms with Gasteiger partial charge in [0.15, 0.2) is 34.7 Å². The summed E-state index contributed by atoms with van der Waals surface area (Å²) in [6.45, 7) is 7.05. The lowest BCUT2D eigenvalue weighted by atomic mass is 9.52. The second-order valence-corrected chi connectivity index (χ2v) is 13.3. The molecule has 224 valence electrons. The summed E-state index contributed by atoms with van der Waals surface area (Å²) in [6, 6.07) is 2.40. The van der Waals surface area contributed by atoms with Crippen LogP contribution in [-0.2, 0) is 32.1 Å². The maximum atomic E-state index is 14.2. The summed E-state index contributed by atoms with van der Waals surface area (Å²) in [7, 11) is 3.11. The van der Waals surface area contributed by atoms with Gasteiger partial charge >= 0.3 is 0 Å². The molecule has 2 unspecified atom stereocenters. The van der Waals surface area contributed by atoms with Gasteiger partial charge in [0.2, 0.25) is 5.91 Å². The summed E-state index contributed by atoms with van der Waals surface area (Å²) in [4.78, 5) is 68.7. The fraction of sp³-hybridized carbons (Fsp3) is 0.516. The van der Waals surface area contributed by atoms with Gasteiger partial charge in [0.1, 0.15) is 5.75 Å². The number of hydrogen-bond acceptors (Lipinski definition) is 10. The van der Waals surface area contributed by atoms with Crippen molar-refractivity contribution in [1.82, 2.24) is 10.2 Å². The predicted octanol–water partition coefficient (Wildman–Crippen LogP) is 1.26. The number of carbonyl (C=O) groups excluding carboxylic acids is 5. The van der Waals surface area contributed by atoms with Crippen molar-refractivity contribution >= 4 is 29.0 Å². The third-order valence-electron chi connectivity index (χ3n) is 8.94. The van der Waals surface area contributed by atoms with E-state index in [0.717, 1.165) is 0 Å². The standard InChI is InChI=1S/C31H37N3O8/c1-30(2,3)13-33-11-16-9-17(14-6-7-42-12-14)18-8-15-10-19-23(34(4)5)26(37)22(29(32)40)28(39)31(19,41)27(38)20(15)25(36)21(18)24(16)35/h6-7,9,12,15,19-20,22-23,33,35,41H,8,10-11,13H2,1-5H3,(H2,32,40)/t15-,19-,20?,22?,23+,31-/m0/s1. The second kappa shape index (κ2) is 10.3. The first-order chi connectivity index (χ1) is 19.6. The van der Waals surface area contributed by atoms with Crippen LogP contribution in [0.3, 0.4) is 0 Å². The highest BCUT2D eigenvalue weighted by Gasteiger charge is 2.69. The van der Waals surface area contributed by atoms with Gasteiger partial charge < -0.3 is 25.7 Å². The Morgan fingerprint density at radius 3 is 2.45 bits per heavy atom. The van der Waals surface area contributed by atoms with Gasteiger partial charge in [-0.05, 0) is 61.5 Å². The zero-order chi connectivity index (χ0) is 30.9. The number of Topliss-reactive ketones (excluding diaryl/α,β-unsaturated/α-hetero) is 4. The number of phenolic OH excluding ortho intramolecular Hbond substituents is 1. The second-order valence-electron chi connectivity index (χ2n) is 13.3. The molecule has 1 aromatic heterocycles. The van der Waals surface area contributed by atoms with E-state index >= 15 is 0 Å². The SMILES string of the molecule is CN(C)[C@H]1C(=O)C(C(N)=O)C(=O)[C@@]2(O)C(=O)C3C(=O)c4c(O)c(CNCC(C)(C)C)cc(-c5ccoc5)c4C[C@H]3C[C@@H]12. The first-order valence-electron chi connectivity index (χ1n) is 14.0. The van der Waals surface area contributed by atoms with Crippen molar-refractivity contribution < 1.29 is 38.6 Å². The molecule has 2 aromatic rings. The van der Waals surface area contributed by atoms with E-state index in [-0.39, 0.29) is 36.1 Å². The average Bonchev–Trinajstić information content (AvgIpc) is 3.41. The lowest BCUT2D eigenvalue weighted by Crippen LogP contribution is -2.74.